The number of rotatable bonds is 6. The molecule has 1 aromatic heterocycles. The molecule has 0 unspecified atom stereocenters. The number of aromatic nitrogens is 3. The minimum atomic E-state index is 0.471. The second-order valence-corrected chi connectivity index (χ2v) is 6.43. The zero-order valence-electron chi connectivity index (χ0n) is 13.6. The van der Waals surface area contributed by atoms with Crippen LogP contribution < -0.4 is 10.6 Å². The van der Waals surface area contributed by atoms with Crippen molar-refractivity contribution in [1.82, 2.24) is 15.2 Å². The number of nitrogens with one attached hydrogen (secondary N) is 2. The van der Waals surface area contributed by atoms with E-state index >= 15 is 0 Å². The Labute approximate surface area is 156 Å². The van der Waals surface area contributed by atoms with E-state index in [-0.39, 0.29) is 0 Å². The van der Waals surface area contributed by atoms with Crippen LogP contribution in [0.4, 0.5) is 17.5 Å². The first-order chi connectivity index (χ1) is 12.1. The van der Waals surface area contributed by atoms with Gasteiger partial charge in [-0.05, 0) is 48.7 Å². The van der Waals surface area contributed by atoms with E-state index in [1.807, 2.05) is 49.4 Å². The number of aryl methyl sites for hydroxylation is 1. The van der Waals surface area contributed by atoms with Crippen LogP contribution in [-0.4, -0.2) is 21.7 Å². The summed E-state index contributed by atoms with van der Waals surface area (Å²) in [5.41, 5.74) is 3.15. The maximum Gasteiger partial charge on any atom is 0.244 e. The van der Waals surface area contributed by atoms with Gasteiger partial charge in [0.2, 0.25) is 5.95 Å². The van der Waals surface area contributed by atoms with Crippen LogP contribution >= 0.6 is 23.2 Å². The van der Waals surface area contributed by atoms with Crippen LogP contribution in [0.2, 0.25) is 10.0 Å². The normalized spacial score (nSPS) is 10.5. The van der Waals surface area contributed by atoms with Crippen molar-refractivity contribution in [2.75, 3.05) is 17.2 Å². The van der Waals surface area contributed by atoms with Gasteiger partial charge in [0.15, 0.2) is 5.82 Å². The highest BCUT2D eigenvalue weighted by Gasteiger charge is 2.04. The molecule has 128 valence electrons. The zero-order chi connectivity index (χ0) is 17.6. The molecule has 2 aromatic carbocycles. The predicted molar refractivity (Wildman–Crippen MR) is 103 cm³/mol. The van der Waals surface area contributed by atoms with Gasteiger partial charge in [-0.2, -0.15) is 10.1 Å². The Bertz CT molecular complexity index is 852. The molecule has 0 radical (unpaired) electrons. The van der Waals surface area contributed by atoms with E-state index in [9.17, 15) is 0 Å². The summed E-state index contributed by atoms with van der Waals surface area (Å²) in [4.78, 5) is 4.42. The SMILES string of the molecule is Cc1ccc(Cl)cc1Nc1cnnc(NCCc2ccc(Cl)cc2)n1. The number of hydrogen-bond acceptors (Lipinski definition) is 5. The van der Waals surface area contributed by atoms with Crippen molar-refractivity contribution in [2.45, 2.75) is 13.3 Å². The monoisotopic (exact) mass is 373 g/mol. The van der Waals surface area contributed by atoms with Crippen LogP contribution in [0, 0.1) is 6.92 Å². The van der Waals surface area contributed by atoms with Gasteiger partial charge in [-0.25, -0.2) is 0 Å². The van der Waals surface area contributed by atoms with Crippen LogP contribution in [-0.2, 0) is 6.42 Å². The fourth-order valence-corrected chi connectivity index (χ4v) is 2.57. The van der Waals surface area contributed by atoms with E-state index in [1.165, 1.54) is 5.56 Å². The van der Waals surface area contributed by atoms with Gasteiger partial charge in [0.25, 0.3) is 0 Å². The maximum atomic E-state index is 6.04. The largest absolute Gasteiger partial charge is 0.353 e. The average molecular weight is 374 g/mol. The summed E-state index contributed by atoms with van der Waals surface area (Å²) >= 11 is 11.9. The molecule has 5 nitrogen and oxygen atoms in total. The van der Waals surface area contributed by atoms with E-state index in [0.29, 0.717) is 23.3 Å². The van der Waals surface area contributed by atoms with E-state index in [0.717, 1.165) is 22.7 Å². The molecule has 0 aliphatic rings. The molecule has 0 saturated carbocycles. The number of anilines is 3. The second-order valence-electron chi connectivity index (χ2n) is 5.55. The lowest BCUT2D eigenvalue weighted by Gasteiger charge is -2.10. The molecule has 3 aromatic rings. The third-order valence-corrected chi connectivity index (χ3v) is 4.12. The third kappa shape index (κ3) is 5.05. The van der Waals surface area contributed by atoms with Crippen molar-refractivity contribution < 1.29 is 0 Å². The minimum Gasteiger partial charge on any atom is -0.353 e. The van der Waals surface area contributed by atoms with Crippen LogP contribution in [0.15, 0.2) is 48.7 Å². The molecular weight excluding hydrogens is 357 g/mol. The molecular formula is C18H17Cl2N5. The molecule has 7 heteroatoms. The van der Waals surface area contributed by atoms with Gasteiger partial charge < -0.3 is 10.6 Å². The number of nitrogens with zero attached hydrogens (tertiary/aromatic N) is 3. The first-order valence-corrected chi connectivity index (χ1v) is 8.57. The van der Waals surface area contributed by atoms with Gasteiger partial charge in [-0.1, -0.05) is 41.4 Å². The fraction of sp³-hybridized carbons (Fsp3) is 0.167. The minimum absolute atomic E-state index is 0.471. The summed E-state index contributed by atoms with van der Waals surface area (Å²) in [5, 5.41) is 15.8. The molecule has 25 heavy (non-hydrogen) atoms. The molecule has 1 heterocycles. The Kier molecular flexibility index (Phi) is 5.68. The summed E-state index contributed by atoms with van der Waals surface area (Å²) < 4.78 is 0. The van der Waals surface area contributed by atoms with Gasteiger partial charge in [0, 0.05) is 22.3 Å². The average Bonchev–Trinajstić information content (AvgIpc) is 2.60. The molecule has 0 aliphatic heterocycles. The van der Waals surface area contributed by atoms with E-state index in [2.05, 4.69) is 25.8 Å². The molecule has 0 spiro atoms. The summed E-state index contributed by atoms with van der Waals surface area (Å²) in [6.45, 7) is 2.70. The Morgan fingerprint density at radius 3 is 2.56 bits per heavy atom. The van der Waals surface area contributed by atoms with Crippen molar-refractivity contribution in [3.05, 3.63) is 69.8 Å². The Hall–Kier alpha value is -2.37. The van der Waals surface area contributed by atoms with Crippen molar-refractivity contribution in [1.29, 1.82) is 0 Å². The van der Waals surface area contributed by atoms with Gasteiger partial charge in [-0.3, -0.25) is 0 Å². The number of hydrogen-bond donors (Lipinski definition) is 2. The van der Waals surface area contributed by atoms with Gasteiger partial charge in [-0.15, -0.1) is 5.10 Å². The van der Waals surface area contributed by atoms with Crippen LogP contribution in [0.3, 0.4) is 0 Å². The fourth-order valence-electron chi connectivity index (χ4n) is 2.28. The molecule has 2 N–H and O–H groups in total. The maximum absolute atomic E-state index is 6.04. The summed E-state index contributed by atoms with van der Waals surface area (Å²) in [6.07, 6.45) is 2.41. The topological polar surface area (TPSA) is 62.7 Å². The number of halogens is 2. The van der Waals surface area contributed by atoms with Crippen molar-refractivity contribution in [3.8, 4) is 0 Å². The Balaban J connectivity index is 1.61. The standard InChI is InChI=1S/C18H17Cl2N5/c1-12-2-5-15(20)10-16(12)23-17-11-22-25-18(24-17)21-9-8-13-3-6-14(19)7-4-13/h2-7,10-11H,8-9H2,1H3,(H2,21,23,24,25). The van der Waals surface area contributed by atoms with Crippen LogP contribution in [0.1, 0.15) is 11.1 Å². The van der Waals surface area contributed by atoms with Crippen LogP contribution in [0.5, 0.6) is 0 Å². The van der Waals surface area contributed by atoms with Crippen molar-refractivity contribution in [2.24, 2.45) is 0 Å². The summed E-state index contributed by atoms with van der Waals surface area (Å²) in [7, 11) is 0. The van der Waals surface area contributed by atoms with E-state index < -0.39 is 0 Å². The van der Waals surface area contributed by atoms with E-state index in [1.54, 1.807) is 6.20 Å². The van der Waals surface area contributed by atoms with E-state index in [4.69, 9.17) is 23.2 Å². The Morgan fingerprint density at radius 1 is 1.00 bits per heavy atom. The summed E-state index contributed by atoms with van der Waals surface area (Å²) in [5.74, 6) is 1.08. The molecule has 0 bridgehead atoms. The first kappa shape index (κ1) is 17.5. The van der Waals surface area contributed by atoms with Crippen molar-refractivity contribution >= 4 is 40.7 Å². The van der Waals surface area contributed by atoms with Crippen molar-refractivity contribution in [3.63, 3.8) is 0 Å². The smallest absolute Gasteiger partial charge is 0.244 e. The quantitative estimate of drug-likeness (QED) is 0.644. The molecule has 0 amide bonds. The zero-order valence-corrected chi connectivity index (χ0v) is 15.1. The van der Waals surface area contributed by atoms with Gasteiger partial charge in [0.1, 0.15) is 0 Å². The lowest BCUT2D eigenvalue weighted by molar-refractivity contribution is 0.929. The number of benzene rings is 2. The summed E-state index contributed by atoms with van der Waals surface area (Å²) in [6, 6.07) is 13.4. The highest BCUT2D eigenvalue weighted by Crippen LogP contribution is 2.23. The molecule has 0 atom stereocenters. The first-order valence-electron chi connectivity index (χ1n) is 7.81. The molecule has 0 aliphatic carbocycles. The van der Waals surface area contributed by atoms with Gasteiger partial charge >= 0.3 is 0 Å². The lowest BCUT2D eigenvalue weighted by atomic mass is 10.1. The molecule has 3 rings (SSSR count). The lowest BCUT2D eigenvalue weighted by Crippen LogP contribution is -2.09. The predicted octanol–water partition coefficient (Wildman–Crippen LogP) is 4.89. The molecule has 0 saturated heterocycles. The van der Waals surface area contributed by atoms with Crippen LogP contribution in [0.25, 0.3) is 0 Å². The molecule has 0 fully saturated rings. The third-order valence-electron chi connectivity index (χ3n) is 3.63. The Morgan fingerprint density at radius 2 is 1.76 bits per heavy atom. The highest BCUT2D eigenvalue weighted by molar-refractivity contribution is 6.31. The second kappa shape index (κ2) is 8.14. The van der Waals surface area contributed by atoms with Gasteiger partial charge in [0.05, 0.1) is 6.20 Å². The highest BCUT2D eigenvalue weighted by atomic mass is 35.5.